The van der Waals surface area contributed by atoms with Crippen molar-refractivity contribution in [2.24, 2.45) is 7.05 Å². The average Bonchev–Trinajstić information content (AvgIpc) is 3.25. The van der Waals surface area contributed by atoms with Crippen molar-refractivity contribution < 1.29 is 9.59 Å². The van der Waals surface area contributed by atoms with E-state index in [2.05, 4.69) is 26.2 Å². The Hall–Kier alpha value is -3.98. The normalized spacial score (nSPS) is 10.6. The fraction of sp³-hybridized carbons (Fsp3) is 0.125. The second kappa shape index (κ2) is 10.1. The first-order valence-electron chi connectivity index (χ1n) is 10.2. The second-order valence-corrected chi connectivity index (χ2v) is 8.38. The van der Waals surface area contributed by atoms with Gasteiger partial charge in [-0.2, -0.15) is 0 Å². The van der Waals surface area contributed by atoms with E-state index in [1.165, 1.54) is 11.8 Å². The maximum Gasteiger partial charge on any atom is 0.256 e. The monoisotopic (exact) mass is 458 g/mol. The summed E-state index contributed by atoms with van der Waals surface area (Å²) in [5, 5.41) is 17.3. The summed E-state index contributed by atoms with van der Waals surface area (Å²) < 4.78 is 1.56. The SMILES string of the molecule is Cc1ccc(NC(=O)CSc2ccccc2C(=O)Nc2cccc(-c3nnnn3C)c2)cc1. The van der Waals surface area contributed by atoms with Gasteiger partial charge in [-0.1, -0.05) is 42.0 Å². The van der Waals surface area contributed by atoms with Gasteiger partial charge in [-0.3, -0.25) is 9.59 Å². The number of carbonyl (C=O) groups excluding carboxylic acids is 2. The number of anilines is 2. The number of carbonyl (C=O) groups is 2. The summed E-state index contributed by atoms with van der Waals surface area (Å²) in [5.41, 5.74) is 3.78. The molecule has 0 aliphatic rings. The number of nitrogens with one attached hydrogen (secondary N) is 2. The van der Waals surface area contributed by atoms with Gasteiger partial charge in [-0.05, 0) is 53.7 Å². The predicted molar refractivity (Wildman–Crippen MR) is 129 cm³/mol. The van der Waals surface area contributed by atoms with Gasteiger partial charge in [-0.15, -0.1) is 16.9 Å². The standard InChI is InChI=1S/C24H22N6O2S/c1-16-10-12-18(13-11-16)25-22(31)15-33-21-9-4-3-8-20(21)24(32)26-19-7-5-6-17(14-19)23-27-28-29-30(23)2/h3-14H,15H2,1-2H3,(H,25,31)(H,26,32). The van der Waals surface area contributed by atoms with Gasteiger partial charge in [-0.25, -0.2) is 4.68 Å². The van der Waals surface area contributed by atoms with Crippen molar-refractivity contribution in [1.82, 2.24) is 20.2 Å². The summed E-state index contributed by atoms with van der Waals surface area (Å²) in [7, 11) is 1.75. The van der Waals surface area contributed by atoms with Crippen LogP contribution in [0.2, 0.25) is 0 Å². The second-order valence-electron chi connectivity index (χ2n) is 7.36. The minimum Gasteiger partial charge on any atom is -0.325 e. The molecule has 0 fully saturated rings. The van der Waals surface area contributed by atoms with E-state index in [0.29, 0.717) is 17.1 Å². The summed E-state index contributed by atoms with van der Waals surface area (Å²) in [5.74, 6) is 0.392. The quantitative estimate of drug-likeness (QED) is 0.403. The van der Waals surface area contributed by atoms with E-state index in [0.717, 1.165) is 21.7 Å². The highest BCUT2D eigenvalue weighted by atomic mass is 32.2. The third-order valence-corrected chi connectivity index (χ3v) is 5.90. The Labute approximate surface area is 195 Å². The zero-order valence-corrected chi connectivity index (χ0v) is 19.0. The zero-order chi connectivity index (χ0) is 23.2. The molecular formula is C24H22N6O2S. The van der Waals surface area contributed by atoms with Crippen molar-refractivity contribution in [3.8, 4) is 11.4 Å². The Morgan fingerprint density at radius 3 is 2.48 bits per heavy atom. The lowest BCUT2D eigenvalue weighted by molar-refractivity contribution is -0.113. The minimum absolute atomic E-state index is 0.135. The molecule has 2 amide bonds. The van der Waals surface area contributed by atoms with Crippen LogP contribution in [-0.4, -0.2) is 37.8 Å². The average molecular weight is 459 g/mol. The van der Waals surface area contributed by atoms with Crippen LogP contribution in [0.1, 0.15) is 15.9 Å². The molecule has 0 saturated carbocycles. The Morgan fingerprint density at radius 2 is 1.73 bits per heavy atom. The Kier molecular flexibility index (Phi) is 6.80. The highest BCUT2D eigenvalue weighted by Crippen LogP contribution is 2.25. The zero-order valence-electron chi connectivity index (χ0n) is 18.1. The summed E-state index contributed by atoms with van der Waals surface area (Å²) >= 11 is 1.32. The number of amides is 2. The van der Waals surface area contributed by atoms with Gasteiger partial charge in [0.2, 0.25) is 5.91 Å². The number of benzene rings is 3. The Balaban J connectivity index is 1.42. The van der Waals surface area contributed by atoms with E-state index in [1.54, 1.807) is 29.9 Å². The number of tetrazole rings is 1. The molecule has 0 radical (unpaired) electrons. The maximum atomic E-state index is 13.0. The molecule has 8 nitrogen and oxygen atoms in total. The topological polar surface area (TPSA) is 102 Å². The lowest BCUT2D eigenvalue weighted by Crippen LogP contribution is -2.16. The largest absolute Gasteiger partial charge is 0.325 e. The molecule has 2 N–H and O–H groups in total. The molecule has 166 valence electrons. The van der Waals surface area contributed by atoms with Crippen LogP contribution in [0, 0.1) is 6.92 Å². The number of rotatable bonds is 7. The highest BCUT2D eigenvalue weighted by molar-refractivity contribution is 8.00. The molecule has 33 heavy (non-hydrogen) atoms. The predicted octanol–water partition coefficient (Wildman–Crippen LogP) is 4.17. The van der Waals surface area contributed by atoms with Gasteiger partial charge < -0.3 is 10.6 Å². The summed E-state index contributed by atoms with van der Waals surface area (Å²) in [6.07, 6.45) is 0. The van der Waals surface area contributed by atoms with Gasteiger partial charge in [0.1, 0.15) is 0 Å². The van der Waals surface area contributed by atoms with Gasteiger partial charge >= 0.3 is 0 Å². The number of nitrogens with zero attached hydrogens (tertiary/aromatic N) is 4. The van der Waals surface area contributed by atoms with Crippen molar-refractivity contribution in [1.29, 1.82) is 0 Å². The molecule has 3 aromatic carbocycles. The molecule has 0 atom stereocenters. The first-order valence-corrected chi connectivity index (χ1v) is 11.2. The van der Waals surface area contributed by atoms with E-state index in [-0.39, 0.29) is 17.6 Å². The fourth-order valence-electron chi connectivity index (χ4n) is 3.17. The Bertz CT molecular complexity index is 1290. The third-order valence-electron chi connectivity index (χ3n) is 4.82. The molecule has 0 aliphatic carbocycles. The van der Waals surface area contributed by atoms with E-state index in [4.69, 9.17) is 0 Å². The van der Waals surface area contributed by atoms with Crippen LogP contribution in [0.25, 0.3) is 11.4 Å². The van der Waals surface area contributed by atoms with E-state index >= 15 is 0 Å². The van der Waals surface area contributed by atoms with Gasteiger partial charge in [0.25, 0.3) is 5.91 Å². The van der Waals surface area contributed by atoms with Crippen LogP contribution >= 0.6 is 11.8 Å². The first-order chi connectivity index (χ1) is 16.0. The fourth-order valence-corrected chi connectivity index (χ4v) is 4.02. The molecular weight excluding hydrogens is 436 g/mol. The lowest BCUT2D eigenvalue weighted by Gasteiger charge is -2.11. The molecule has 0 unspecified atom stereocenters. The van der Waals surface area contributed by atoms with Gasteiger partial charge in [0, 0.05) is 28.9 Å². The number of thioether (sulfide) groups is 1. The number of hydrogen-bond acceptors (Lipinski definition) is 6. The van der Waals surface area contributed by atoms with Crippen molar-refractivity contribution >= 4 is 35.0 Å². The van der Waals surface area contributed by atoms with E-state index in [9.17, 15) is 9.59 Å². The van der Waals surface area contributed by atoms with Crippen LogP contribution in [0.5, 0.6) is 0 Å². The number of hydrogen-bond donors (Lipinski definition) is 2. The van der Waals surface area contributed by atoms with E-state index < -0.39 is 0 Å². The molecule has 1 aromatic heterocycles. The number of aromatic nitrogens is 4. The molecule has 0 saturated heterocycles. The Morgan fingerprint density at radius 1 is 0.939 bits per heavy atom. The smallest absolute Gasteiger partial charge is 0.256 e. The van der Waals surface area contributed by atoms with Crippen LogP contribution in [0.15, 0.2) is 77.7 Å². The molecule has 4 rings (SSSR count). The van der Waals surface area contributed by atoms with Crippen molar-refractivity contribution in [3.63, 3.8) is 0 Å². The first kappa shape index (κ1) is 22.2. The maximum absolute atomic E-state index is 13.0. The summed E-state index contributed by atoms with van der Waals surface area (Å²) in [4.78, 5) is 26.1. The van der Waals surface area contributed by atoms with Crippen LogP contribution < -0.4 is 10.6 Å². The molecule has 0 aliphatic heterocycles. The van der Waals surface area contributed by atoms with Crippen LogP contribution in [0.4, 0.5) is 11.4 Å². The van der Waals surface area contributed by atoms with Crippen LogP contribution in [0.3, 0.4) is 0 Å². The van der Waals surface area contributed by atoms with Gasteiger partial charge in [0.15, 0.2) is 5.82 Å². The summed E-state index contributed by atoms with van der Waals surface area (Å²) in [6.45, 7) is 1.99. The summed E-state index contributed by atoms with van der Waals surface area (Å²) in [6, 6.07) is 22.2. The number of aryl methyl sites for hydroxylation is 2. The van der Waals surface area contributed by atoms with Crippen LogP contribution in [-0.2, 0) is 11.8 Å². The highest BCUT2D eigenvalue weighted by Gasteiger charge is 2.14. The molecule has 4 aromatic rings. The molecule has 0 bridgehead atoms. The minimum atomic E-state index is -0.259. The molecule has 1 heterocycles. The van der Waals surface area contributed by atoms with E-state index in [1.807, 2.05) is 61.5 Å². The van der Waals surface area contributed by atoms with Crippen molar-refractivity contribution in [3.05, 3.63) is 83.9 Å². The molecule has 9 heteroatoms. The van der Waals surface area contributed by atoms with Gasteiger partial charge in [0.05, 0.1) is 11.3 Å². The molecule has 0 spiro atoms. The van der Waals surface area contributed by atoms with Crippen molar-refractivity contribution in [2.75, 3.05) is 16.4 Å². The third kappa shape index (κ3) is 5.64. The lowest BCUT2D eigenvalue weighted by atomic mass is 10.1. The van der Waals surface area contributed by atoms with Crippen molar-refractivity contribution in [2.45, 2.75) is 11.8 Å².